The molecule has 1 unspecified atom stereocenters. The van der Waals surface area contributed by atoms with E-state index in [1.54, 1.807) is 6.92 Å². The van der Waals surface area contributed by atoms with Gasteiger partial charge in [0.05, 0.1) is 6.04 Å². The highest BCUT2D eigenvalue weighted by atomic mass is 16.2. The number of amides is 2. The molecule has 1 saturated heterocycles. The molecule has 2 amide bonds. The summed E-state index contributed by atoms with van der Waals surface area (Å²) >= 11 is 0. The van der Waals surface area contributed by atoms with E-state index >= 15 is 0 Å². The minimum absolute atomic E-state index is 0.0517. The molecular weight excluding hydrogens is 242 g/mol. The summed E-state index contributed by atoms with van der Waals surface area (Å²) < 4.78 is 0. The first-order valence-electron chi connectivity index (χ1n) is 7.27. The first-order chi connectivity index (χ1) is 8.99. The van der Waals surface area contributed by atoms with Crippen LogP contribution in [0.15, 0.2) is 0 Å². The molecule has 0 spiro atoms. The molecule has 5 nitrogen and oxygen atoms in total. The number of rotatable bonds is 4. The molecule has 2 aliphatic rings. The average molecular weight is 267 g/mol. The van der Waals surface area contributed by atoms with E-state index in [4.69, 9.17) is 0 Å². The molecule has 1 N–H and O–H groups in total. The van der Waals surface area contributed by atoms with Crippen LogP contribution in [0.4, 0.5) is 0 Å². The fraction of sp³-hybridized carbons (Fsp3) is 0.857. The summed E-state index contributed by atoms with van der Waals surface area (Å²) in [6, 6.07) is 0.702. The van der Waals surface area contributed by atoms with E-state index in [2.05, 4.69) is 10.2 Å². The average Bonchev–Trinajstić information content (AvgIpc) is 3.21. The number of carbonyl (C=O) groups excluding carboxylic acids is 2. The Balaban J connectivity index is 1.78. The zero-order valence-electron chi connectivity index (χ0n) is 12.2. The van der Waals surface area contributed by atoms with Gasteiger partial charge < -0.3 is 10.2 Å². The van der Waals surface area contributed by atoms with Crippen LogP contribution in [-0.2, 0) is 9.59 Å². The standard InChI is InChI=1S/C14H25N3O2/c1-10(14(19)15-12-4-5-12)17-8-6-13(7-9-17)16(3)11(2)18/h10,12-13H,4-9H2,1-3H3,(H,15,19). The van der Waals surface area contributed by atoms with E-state index in [0.717, 1.165) is 38.8 Å². The summed E-state index contributed by atoms with van der Waals surface area (Å²) in [7, 11) is 1.87. The molecule has 108 valence electrons. The van der Waals surface area contributed by atoms with E-state index in [1.807, 2.05) is 18.9 Å². The van der Waals surface area contributed by atoms with E-state index in [-0.39, 0.29) is 17.9 Å². The molecule has 1 atom stereocenters. The van der Waals surface area contributed by atoms with Crippen molar-refractivity contribution < 1.29 is 9.59 Å². The van der Waals surface area contributed by atoms with Gasteiger partial charge in [-0.3, -0.25) is 14.5 Å². The van der Waals surface area contributed by atoms with Gasteiger partial charge in [0, 0.05) is 39.1 Å². The van der Waals surface area contributed by atoms with Crippen molar-refractivity contribution in [2.24, 2.45) is 0 Å². The van der Waals surface area contributed by atoms with Crippen molar-refractivity contribution in [3.63, 3.8) is 0 Å². The van der Waals surface area contributed by atoms with Crippen LogP contribution in [0.1, 0.15) is 39.5 Å². The zero-order valence-corrected chi connectivity index (χ0v) is 12.2. The van der Waals surface area contributed by atoms with Crippen molar-refractivity contribution in [2.75, 3.05) is 20.1 Å². The number of hydrogen-bond donors (Lipinski definition) is 1. The molecule has 0 radical (unpaired) electrons. The summed E-state index contributed by atoms with van der Waals surface area (Å²) in [5.41, 5.74) is 0. The largest absolute Gasteiger partial charge is 0.352 e. The lowest BCUT2D eigenvalue weighted by Crippen LogP contribution is -2.52. The highest BCUT2D eigenvalue weighted by Crippen LogP contribution is 2.21. The van der Waals surface area contributed by atoms with Gasteiger partial charge >= 0.3 is 0 Å². The summed E-state index contributed by atoms with van der Waals surface area (Å²) in [6.07, 6.45) is 4.17. The van der Waals surface area contributed by atoms with Crippen LogP contribution < -0.4 is 5.32 Å². The smallest absolute Gasteiger partial charge is 0.237 e. The van der Waals surface area contributed by atoms with Crippen LogP contribution in [0.2, 0.25) is 0 Å². The first kappa shape index (κ1) is 14.3. The van der Waals surface area contributed by atoms with Gasteiger partial charge in [-0.2, -0.15) is 0 Å². The minimum Gasteiger partial charge on any atom is -0.352 e. The van der Waals surface area contributed by atoms with Crippen LogP contribution in [0.3, 0.4) is 0 Å². The van der Waals surface area contributed by atoms with Crippen LogP contribution in [0, 0.1) is 0 Å². The van der Waals surface area contributed by atoms with Crippen LogP contribution in [0.5, 0.6) is 0 Å². The van der Waals surface area contributed by atoms with Gasteiger partial charge in [0.1, 0.15) is 0 Å². The monoisotopic (exact) mass is 267 g/mol. The lowest BCUT2D eigenvalue weighted by molar-refractivity contribution is -0.132. The van der Waals surface area contributed by atoms with Crippen molar-refractivity contribution in [2.45, 2.75) is 57.7 Å². The fourth-order valence-electron chi connectivity index (χ4n) is 2.63. The maximum atomic E-state index is 12.0. The van der Waals surface area contributed by atoms with Gasteiger partial charge in [-0.1, -0.05) is 0 Å². The van der Waals surface area contributed by atoms with Crippen molar-refractivity contribution >= 4 is 11.8 Å². The Hall–Kier alpha value is -1.10. The highest BCUT2D eigenvalue weighted by molar-refractivity contribution is 5.81. The molecule has 1 aliphatic carbocycles. The molecule has 19 heavy (non-hydrogen) atoms. The van der Waals surface area contributed by atoms with Crippen molar-refractivity contribution in [1.82, 2.24) is 15.1 Å². The predicted octanol–water partition coefficient (Wildman–Crippen LogP) is 0.596. The van der Waals surface area contributed by atoms with Gasteiger partial charge in [0.25, 0.3) is 0 Å². The lowest BCUT2D eigenvalue weighted by atomic mass is 10.0. The predicted molar refractivity (Wildman–Crippen MR) is 73.7 cm³/mol. The molecule has 2 rings (SSSR count). The van der Waals surface area contributed by atoms with Gasteiger partial charge in [0.15, 0.2) is 0 Å². The van der Waals surface area contributed by atoms with Crippen LogP contribution >= 0.6 is 0 Å². The molecule has 0 aromatic carbocycles. The second-order valence-electron chi connectivity index (χ2n) is 5.86. The third-order valence-corrected chi connectivity index (χ3v) is 4.39. The number of nitrogens with zero attached hydrogens (tertiary/aromatic N) is 2. The normalized spacial score (nSPS) is 22.9. The third-order valence-electron chi connectivity index (χ3n) is 4.39. The van der Waals surface area contributed by atoms with Crippen LogP contribution in [-0.4, -0.2) is 59.9 Å². The molecule has 5 heteroatoms. The van der Waals surface area contributed by atoms with Gasteiger partial charge in [0.2, 0.25) is 11.8 Å². The zero-order chi connectivity index (χ0) is 14.0. The molecule has 1 saturated carbocycles. The SMILES string of the molecule is CC(=O)N(C)C1CCN(C(C)C(=O)NC2CC2)CC1. The Kier molecular flexibility index (Phi) is 4.45. The van der Waals surface area contributed by atoms with E-state index in [0.29, 0.717) is 12.1 Å². The summed E-state index contributed by atoms with van der Waals surface area (Å²) in [4.78, 5) is 27.4. The van der Waals surface area contributed by atoms with E-state index < -0.39 is 0 Å². The quantitative estimate of drug-likeness (QED) is 0.811. The van der Waals surface area contributed by atoms with Crippen molar-refractivity contribution in [1.29, 1.82) is 0 Å². The molecular formula is C14H25N3O2. The van der Waals surface area contributed by atoms with Gasteiger partial charge in [-0.05, 0) is 32.6 Å². The Labute approximate surface area is 115 Å². The highest BCUT2D eigenvalue weighted by Gasteiger charge is 2.31. The topological polar surface area (TPSA) is 52.7 Å². The third kappa shape index (κ3) is 3.69. The molecule has 0 aromatic rings. The summed E-state index contributed by atoms with van der Waals surface area (Å²) in [5.74, 6) is 0.277. The lowest BCUT2D eigenvalue weighted by Gasteiger charge is -2.38. The molecule has 0 bridgehead atoms. The molecule has 0 aromatic heterocycles. The Bertz CT molecular complexity index is 347. The summed E-state index contributed by atoms with van der Waals surface area (Å²) in [5, 5.41) is 3.06. The van der Waals surface area contributed by atoms with E-state index in [1.165, 1.54) is 0 Å². The Morgan fingerprint density at radius 1 is 1.21 bits per heavy atom. The maximum Gasteiger partial charge on any atom is 0.237 e. The molecule has 2 fully saturated rings. The van der Waals surface area contributed by atoms with Gasteiger partial charge in [-0.25, -0.2) is 0 Å². The molecule has 1 aliphatic heterocycles. The number of likely N-dealkylation sites (tertiary alicyclic amines) is 1. The fourth-order valence-corrected chi connectivity index (χ4v) is 2.63. The van der Waals surface area contributed by atoms with Crippen LogP contribution in [0.25, 0.3) is 0 Å². The Morgan fingerprint density at radius 2 is 1.79 bits per heavy atom. The number of carbonyl (C=O) groups is 2. The van der Waals surface area contributed by atoms with Crippen molar-refractivity contribution in [3.05, 3.63) is 0 Å². The Morgan fingerprint density at radius 3 is 2.26 bits per heavy atom. The van der Waals surface area contributed by atoms with Gasteiger partial charge in [-0.15, -0.1) is 0 Å². The maximum absolute atomic E-state index is 12.0. The first-order valence-corrected chi connectivity index (χ1v) is 7.27. The minimum atomic E-state index is -0.0517. The number of nitrogens with one attached hydrogen (secondary N) is 1. The van der Waals surface area contributed by atoms with E-state index in [9.17, 15) is 9.59 Å². The summed E-state index contributed by atoms with van der Waals surface area (Å²) in [6.45, 7) is 5.37. The second kappa shape index (κ2) is 5.90. The van der Waals surface area contributed by atoms with Crippen molar-refractivity contribution in [3.8, 4) is 0 Å². The second-order valence-corrected chi connectivity index (χ2v) is 5.86. The number of hydrogen-bond acceptors (Lipinski definition) is 3. The number of piperidine rings is 1. The molecule has 1 heterocycles.